The molecule has 7 heteroatoms. The first-order valence-electron chi connectivity index (χ1n) is 8.00. The summed E-state index contributed by atoms with van der Waals surface area (Å²) in [6.07, 6.45) is 17.7. The van der Waals surface area contributed by atoms with Crippen LogP contribution in [0.4, 0.5) is 0 Å². The van der Waals surface area contributed by atoms with Gasteiger partial charge in [0.05, 0.1) is 0 Å². The summed E-state index contributed by atoms with van der Waals surface area (Å²) in [6, 6.07) is 0. The van der Waals surface area contributed by atoms with E-state index in [4.69, 9.17) is 0 Å². The molecule has 0 saturated heterocycles. The number of nitrogens with zero attached hydrogens (tertiary/aromatic N) is 2. The molecule has 0 aromatic carbocycles. The van der Waals surface area contributed by atoms with Crippen LogP contribution >= 0.6 is 0 Å². The predicted molar refractivity (Wildman–Crippen MR) is 103 cm³/mol. The maximum Gasteiger partial charge on any atom is 4.00 e. The largest absolute Gasteiger partial charge is 4.00 e. The molecule has 2 nitrogen and oxygen atoms in total. The first-order valence-corrected chi connectivity index (χ1v) is 13.9. The Balaban J connectivity index is -0.000000346. The van der Waals surface area contributed by atoms with E-state index in [-0.39, 0.29) is 50.7 Å². The maximum atomic E-state index is 3.40. The summed E-state index contributed by atoms with van der Waals surface area (Å²) in [7, 11) is 6.05. The molecule has 0 spiro atoms. The molecule has 0 amide bonds. The van der Waals surface area contributed by atoms with Gasteiger partial charge in [0.25, 0.3) is 0 Å². The second-order valence-electron chi connectivity index (χ2n) is 7.30. The van der Waals surface area contributed by atoms with Crippen molar-refractivity contribution in [3.8, 4) is 0 Å². The third kappa shape index (κ3) is 8.54. The zero-order valence-electron chi connectivity index (χ0n) is 16.9. The molecule has 0 aromatic heterocycles. The van der Waals surface area contributed by atoms with Crippen LogP contribution in [0.5, 0.6) is 0 Å². The molecule has 0 bridgehead atoms. The van der Waals surface area contributed by atoms with Gasteiger partial charge >= 0.3 is 25.8 Å². The molecule has 0 unspecified atom stereocenters. The average molecular weight is 582 g/mol. The van der Waals surface area contributed by atoms with Crippen LogP contribution in [0, 0.1) is 12.2 Å². The molecule has 0 radical (unpaired) electrons. The second kappa shape index (κ2) is 13.0. The van der Waals surface area contributed by atoms with Crippen LogP contribution in [0.3, 0.4) is 0 Å². The Morgan fingerprint density at radius 1 is 0.720 bits per heavy atom. The summed E-state index contributed by atoms with van der Waals surface area (Å²) in [6.45, 7) is 9.41. The molecule has 0 fully saturated rings. The van der Waals surface area contributed by atoms with Crippen molar-refractivity contribution in [3.63, 3.8) is 0 Å². The number of rotatable bonds is 4. The van der Waals surface area contributed by atoms with E-state index in [1.54, 1.807) is 0 Å². The van der Waals surface area contributed by atoms with Crippen LogP contribution in [-0.4, -0.2) is 53.8 Å². The van der Waals surface area contributed by atoms with Crippen molar-refractivity contribution in [1.82, 2.24) is 9.13 Å². The summed E-state index contributed by atoms with van der Waals surface area (Å²) >= 11 is 0. The van der Waals surface area contributed by atoms with E-state index < -0.39 is 16.5 Å². The Bertz CT molecular complexity index is 465. The minimum Gasteiger partial charge on any atom is -1.00 e. The van der Waals surface area contributed by atoms with Crippen molar-refractivity contribution in [3.05, 3.63) is 46.8 Å². The van der Waals surface area contributed by atoms with Crippen LogP contribution < -0.4 is 24.8 Å². The van der Waals surface area contributed by atoms with E-state index in [2.05, 4.69) is 100.0 Å². The Labute approximate surface area is 189 Å². The van der Waals surface area contributed by atoms with Gasteiger partial charge in [-0.3, -0.25) is 12.2 Å². The van der Waals surface area contributed by atoms with Crippen LogP contribution in [0.15, 0.2) is 34.7 Å². The topological polar surface area (TPSA) is 6.48 Å². The van der Waals surface area contributed by atoms with Gasteiger partial charge in [0.1, 0.15) is 16.5 Å². The summed E-state index contributed by atoms with van der Waals surface area (Å²) in [4.78, 5) is 0. The molecule has 2 aliphatic rings. The average Bonchev–Trinajstić information content (AvgIpc) is 3.13. The van der Waals surface area contributed by atoms with Crippen molar-refractivity contribution in [2.75, 3.05) is 28.2 Å². The first-order chi connectivity index (χ1) is 10.1. The van der Waals surface area contributed by atoms with Gasteiger partial charge in [0.2, 0.25) is 0 Å². The monoisotopic (exact) mass is 582 g/mol. The fourth-order valence-electron chi connectivity index (χ4n) is 2.13. The number of allylic oxidation sites excluding steroid dienone is 8. The van der Waals surface area contributed by atoms with E-state index in [1.807, 2.05) is 0 Å². The Kier molecular flexibility index (Phi) is 15.9. The summed E-state index contributed by atoms with van der Waals surface area (Å²) < 4.78 is 4.70. The fourth-order valence-corrected chi connectivity index (χ4v) is 5.22. The molecule has 0 aromatic rings. The van der Waals surface area contributed by atoms with Crippen LogP contribution in [-0.2, 0) is 25.8 Å². The molecule has 0 heterocycles. The van der Waals surface area contributed by atoms with Gasteiger partial charge in [-0.25, -0.2) is 22.5 Å². The van der Waals surface area contributed by atoms with Crippen molar-refractivity contribution < 1.29 is 50.7 Å². The molecule has 25 heavy (non-hydrogen) atoms. The van der Waals surface area contributed by atoms with Gasteiger partial charge in [-0.15, -0.1) is 12.8 Å². The molecular weight excluding hydrogens is 550 g/mol. The number of hydrogen-bond acceptors (Lipinski definition) is 2. The molecule has 0 aliphatic heterocycles. The second-order valence-corrected chi connectivity index (χ2v) is 16.4. The third-order valence-corrected chi connectivity index (χ3v) is 12.7. The summed E-state index contributed by atoms with van der Waals surface area (Å²) in [5.74, 6) is 0. The third-order valence-electron chi connectivity index (χ3n) is 4.94. The van der Waals surface area contributed by atoms with Gasteiger partial charge < -0.3 is 33.9 Å². The van der Waals surface area contributed by atoms with Crippen LogP contribution in [0.25, 0.3) is 0 Å². The maximum absolute atomic E-state index is 3.40. The normalized spacial score (nSPS) is 15.6. The Morgan fingerprint density at radius 3 is 1.16 bits per heavy atom. The minimum absolute atomic E-state index is 0. The summed E-state index contributed by atoms with van der Waals surface area (Å²) in [5, 5.41) is 2.89. The van der Waals surface area contributed by atoms with E-state index in [0.717, 1.165) is 12.8 Å². The van der Waals surface area contributed by atoms with Crippen LogP contribution in [0.1, 0.15) is 12.8 Å². The van der Waals surface area contributed by atoms with Crippen LogP contribution in [0.2, 0.25) is 26.2 Å². The first kappa shape index (κ1) is 30.5. The summed E-state index contributed by atoms with van der Waals surface area (Å²) in [5.41, 5.74) is 0. The zero-order valence-corrected chi connectivity index (χ0v) is 24.0. The van der Waals surface area contributed by atoms with E-state index in [0.29, 0.717) is 0 Å². The molecule has 2 rings (SSSR count). The smallest absolute Gasteiger partial charge is 1.00 e. The standard InChI is InChI=1S/2C9H16NSi.2ClH.Hf/c2*1-10(2)11(3,4)9-7-5-6-8-9;;;/h2*5,7H,6H2,1-4H3;2*1H;/q2*-1;;;+4/p-2. The fraction of sp³-hybridized carbons (Fsp3) is 0.556. The van der Waals surface area contributed by atoms with Crippen molar-refractivity contribution in [2.45, 2.75) is 39.0 Å². The van der Waals surface area contributed by atoms with Gasteiger partial charge in [0, 0.05) is 0 Å². The van der Waals surface area contributed by atoms with Crippen molar-refractivity contribution in [1.29, 1.82) is 0 Å². The molecular formula is C18H32Cl2HfN2Si2. The molecule has 0 N–H and O–H groups in total. The zero-order chi connectivity index (χ0) is 17.0. The van der Waals surface area contributed by atoms with E-state index >= 15 is 0 Å². The minimum atomic E-state index is -1.30. The molecule has 140 valence electrons. The number of hydrogen-bond donors (Lipinski definition) is 0. The Morgan fingerprint density at radius 2 is 1.00 bits per heavy atom. The van der Waals surface area contributed by atoms with E-state index in [1.165, 1.54) is 10.4 Å². The van der Waals surface area contributed by atoms with Gasteiger partial charge in [-0.2, -0.15) is 12.2 Å². The SMILES string of the molecule is CN(C)[Si](C)(C)C1=[C-]CC=C1.CN(C)[Si](C)(C)C1=[C-]CC=C1.[Cl-].[Cl-].[Hf+4]. The molecule has 0 atom stereocenters. The quantitative estimate of drug-likeness (QED) is 0.279. The van der Waals surface area contributed by atoms with Gasteiger partial charge in [0.15, 0.2) is 0 Å². The van der Waals surface area contributed by atoms with Crippen molar-refractivity contribution in [2.24, 2.45) is 0 Å². The molecule has 0 saturated carbocycles. The van der Waals surface area contributed by atoms with E-state index in [9.17, 15) is 0 Å². The Hall–Kier alpha value is 0.764. The predicted octanol–water partition coefficient (Wildman–Crippen LogP) is -2.03. The van der Waals surface area contributed by atoms with Gasteiger partial charge in [-0.1, -0.05) is 26.2 Å². The van der Waals surface area contributed by atoms with Gasteiger partial charge in [-0.05, 0) is 28.2 Å². The molecule has 2 aliphatic carbocycles. The number of halogens is 2. The van der Waals surface area contributed by atoms with Crippen molar-refractivity contribution >= 4 is 16.5 Å².